The van der Waals surface area contributed by atoms with Gasteiger partial charge in [-0.05, 0) is 80.3 Å². The fourth-order valence-corrected chi connectivity index (χ4v) is 4.19. The number of aryl methyl sites for hydroxylation is 4. The number of pyridine rings is 1. The molecule has 0 aliphatic heterocycles. The third kappa shape index (κ3) is 4.42. The lowest BCUT2D eigenvalue weighted by Gasteiger charge is -2.17. The van der Waals surface area contributed by atoms with Crippen molar-refractivity contribution in [2.24, 2.45) is 0 Å². The van der Waals surface area contributed by atoms with Crippen LogP contribution >= 0.6 is 11.6 Å². The molecular weight excluding hydrogens is 390 g/mol. The van der Waals surface area contributed by atoms with E-state index in [0.29, 0.717) is 11.6 Å². The van der Waals surface area contributed by atoms with Crippen LogP contribution in [0.15, 0.2) is 60.7 Å². The molecule has 0 saturated carbocycles. The quantitative estimate of drug-likeness (QED) is 0.354. The average molecular weight is 416 g/mol. The molecule has 0 aliphatic carbocycles. The molecule has 1 heterocycles. The second-order valence-corrected chi connectivity index (χ2v) is 8.37. The van der Waals surface area contributed by atoms with Gasteiger partial charge in [0.1, 0.15) is 0 Å². The van der Waals surface area contributed by atoms with Crippen LogP contribution in [0.3, 0.4) is 0 Å². The van der Waals surface area contributed by atoms with Crippen LogP contribution in [-0.2, 0) is 6.54 Å². The average Bonchev–Trinajstić information content (AvgIpc) is 2.67. The van der Waals surface area contributed by atoms with Crippen molar-refractivity contribution in [2.75, 3.05) is 10.6 Å². The molecule has 4 aromatic rings. The fourth-order valence-electron chi connectivity index (χ4n) is 3.93. The Bertz CT molecular complexity index is 1190. The van der Waals surface area contributed by atoms with E-state index in [0.717, 1.165) is 33.7 Å². The second kappa shape index (κ2) is 8.37. The number of hydrogen-bond acceptors (Lipinski definition) is 3. The van der Waals surface area contributed by atoms with E-state index in [1.807, 2.05) is 18.2 Å². The Balaban J connectivity index is 1.73. The number of aromatic nitrogens is 1. The maximum Gasteiger partial charge on any atom is 0.0881 e. The van der Waals surface area contributed by atoms with Gasteiger partial charge in [0, 0.05) is 16.8 Å². The smallest absolute Gasteiger partial charge is 0.0881 e. The molecule has 4 rings (SSSR count). The van der Waals surface area contributed by atoms with Gasteiger partial charge in [0.25, 0.3) is 0 Å². The summed E-state index contributed by atoms with van der Waals surface area (Å²) in [5.74, 6) is 0. The molecule has 0 spiro atoms. The number of halogens is 1. The van der Waals surface area contributed by atoms with E-state index in [9.17, 15) is 0 Å². The minimum Gasteiger partial charge on any atom is -0.379 e. The molecule has 0 atom stereocenters. The highest BCUT2D eigenvalue weighted by molar-refractivity contribution is 6.35. The van der Waals surface area contributed by atoms with Crippen molar-refractivity contribution in [3.8, 4) is 0 Å². The zero-order valence-corrected chi connectivity index (χ0v) is 18.6. The van der Waals surface area contributed by atoms with Crippen molar-refractivity contribution in [1.82, 2.24) is 4.98 Å². The molecule has 0 aliphatic rings. The van der Waals surface area contributed by atoms with Crippen LogP contribution in [0.25, 0.3) is 10.9 Å². The van der Waals surface area contributed by atoms with E-state index in [4.69, 9.17) is 16.6 Å². The van der Waals surface area contributed by atoms with Crippen LogP contribution in [0.4, 0.5) is 17.1 Å². The Morgan fingerprint density at radius 2 is 1.33 bits per heavy atom. The van der Waals surface area contributed by atoms with E-state index in [-0.39, 0.29) is 0 Å². The lowest BCUT2D eigenvalue weighted by atomic mass is 10.1. The first-order valence-electron chi connectivity index (χ1n) is 10.1. The van der Waals surface area contributed by atoms with E-state index < -0.39 is 0 Å². The van der Waals surface area contributed by atoms with Crippen molar-refractivity contribution in [1.29, 1.82) is 0 Å². The van der Waals surface area contributed by atoms with Crippen molar-refractivity contribution >= 4 is 39.6 Å². The van der Waals surface area contributed by atoms with Gasteiger partial charge in [-0.2, -0.15) is 0 Å². The van der Waals surface area contributed by atoms with Crippen molar-refractivity contribution in [2.45, 2.75) is 34.2 Å². The predicted molar refractivity (Wildman–Crippen MR) is 129 cm³/mol. The van der Waals surface area contributed by atoms with Gasteiger partial charge in [-0.3, -0.25) is 0 Å². The van der Waals surface area contributed by atoms with E-state index in [1.54, 1.807) is 0 Å². The number of para-hydroxylation sites is 1. The predicted octanol–water partition coefficient (Wildman–Crippen LogP) is 7.48. The zero-order valence-electron chi connectivity index (χ0n) is 17.8. The standard InChI is InChI=1S/C26H26ClN3/c1-16-9-17(2)12-20(11-16)28-15-24-25(27)26(22-7-5-6-8-23(22)30-24)29-21-13-18(3)10-19(4)14-21/h5-14,28H,15H2,1-4H3,(H,29,30). The van der Waals surface area contributed by atoms with Crippen LogP contribution in [0.2, 0.25) is 5.02 Å². The van der Waals surface area contributed by atoms with Crippen molar-refractivity contribution in [3.63, 3.8) is 0 Å². The molecule has 152 valence electrons. The Morgan fingerprint density at radius 1 is 0.767 bits per heavy atom. The summed E-state index contributed by atoms with van der Waals surface area (Å²) in [4.78, 5) is 4.84. The molecule has 0 saturated heterocycles. The van der Waals surface area contributed by atoms with Crippen molar-refractivity contribution in [3.05, 3.63) is 93.6 Å². The minimum absolute atomic E-state index is 0.550. The Labute approximate surface area is 183 Å². The monoisotopic (exact) mass is 415 g/mol. The highest BCUT2D eigenvalue weighted by Crippen LogP contribution is 2.35. The number of hydrogen-bond donors (Lipinski definition) is 2. The van der Waals surface area contributed by atoms with Gasteiger partial charge in [-0.15, -0.1) is 0 Å². The van der Waals surface area contributed by atoms with Crippen LogP contribution in [0.5, 0.6) is 0 Å². The molecule has 4 heteroatoms. The first kappa shape index (κ1) is 20.2. The molecule has 0 radical (unpaired) electrons. The Kier molecular flexibility index (Phi) is 5.65. The van der Waals surface area contributed by atoms with Crippen LogP contribution in [0.1, 0.15) is 27.9 Å². The van der Waals surface area contributed by atoms with E-state index >= 15 is 0 Å². The van der Waals surface area contributed by atoms with Crippen LogP contribution in [0, 0.1) is 27.7 Å². The lowest BCUT2D eigenvalue weighted by molar-refractivity contribution is 1.07. The minimum atomic E-state index is 0.550. The zero-order chi connectivity index (χ0) is 21.3. The molecule has 0 unspecified atom stereocenters. The number of fused-ring (bicyclic) bond motifs is 1. The number of benzene rings is 3. The van der Waals surface area contributed by atoms with Crippen molar-refractivity contribution < 1.29 is 0 Å². The summed E-state index contributed by atoms with van der Waals surface area (Å²) in [6.07, 6.45) is 0. The number of anilines is 3. The Morgan fingerprint density at radius 3 is 1.97 bits per heavy atom. The molecule has 2 N–H and O–H groups in total. The Hall–Kier alpha value is -3.04. The molecule has 3 aromatic carbocycles. The molecule has 1 aromatic heterocycles. The normalized spacial score (nSPS) is 11.0. The second-order valence-electron chi connectivity index (χ2n) is 8.00. The molecule has 30 heavy (non-hydrogen) atoms. The SMILES string of the molecule is Cc1cc(C)cc(NCc2nc3ccccc3c(Nc3cc(C)cc(C)c3)c2Cl)c1. The van der Waals surface area contributed by atoms with Gasteiger partial charge in [0.2, 0.25) is 0 Å². The summed E-state index contributed by atoms with van der Waals surface area (Å²) < 4.78 is 0. The first-order chi connectivity index (χ1) is 14.4. The molecular formula is C26H26ClN3. The highest BCUT2D eigenvalue weighted by Gasteiger charge is 2.14. The van der Waals surface area contributed by atoms with Gasteiger partial charge in [-0.25, -0.2) is 4.98 Å². The summed E-state index contributed by atoms with van der Waals surface area (Å²) in [6, 6.07) is 21.0. The summed E-state index contributed by atoms with van der Waals surface area (Å²) in [5, 5.41) is 8.69. The van der Waals surface area contributed by atoms with Gasteiger partial charge >= 0.3 is 0 Å². The number of nitrogens with one attached hydrogen (secondary N) is 2. The molecule has 3 nitrogen and oxygen atoms in total. The first-order valence-corrected chi connectivity index (χ1v) is 10.5. The third-order valence-electron chi connectivity index (χ3n) is 5.07. The molecule has 0 fully saturated rings. The maximum atomic E-state index is 6.88. The lowest BCUT2D eigenvalue weighted by Crippen LogP contribution is -2.06. The van der Waals surface area contributed by atoms with Crippen LogP contribution in [-0.4, -0.2) is 4.98 Å². The fraction of sp³-hybridized carbons (Fsp3) is 0.192. The largest absolute Gasteiger partial charge is 0.379 e. The number of rotatable bonds is 5. The van der Waals surface area contributed by atoms with E-state index in [2.05, 4.69) is 80.8 Å². The summed E-state index contributed by atoms with van der Waals surface area (Å²) in [7, 11) is 0. The molecule has 0 amide bonds. The third-order valence-corrected chi connectivity index (χ3v) is 5.48. The van der Waals surface area contributed by atoms with Gasteiger partial charge in [0.15, 0.2) is 0 Å². The maximum absolute atomic E-state index is 6.88. The molecule has 0 bridgehead atoms. The summed E-state index contributed by atoms with van der Waals surface area (Å²) >= 11 is 6.88. The topological polar surface area (TPSA) is 37.0 Å². The van der Waals surface area contributed by atoms with Gasteiger partial charge in [-0.1, -0.05) is 41.9 Å². The highest BCUT2D eigenvalue weighted by atomic mass is 35.5. The van der Waals surface area contributed by atoms with Gasteiger partial charge < -0.3 is 10.6 Å². The summed E-state index contributed by atoms with van der Waals surface area (Å²) in [5.41, 5.74) is 9.62. The summed E-state index contributed by atoms with van der Waals surface area (Å²) in [6.45, 7) is 8.96. The van der Waals surface area contributed by atoms with Gasteiger partial charge in [0.05, 0.1) is 28.5 Å². The van der Waals surface area contributed by atoms with E-state index in [1.165, 1.54) is 22.3 Å². The van der Waals surface area contributed by atoms with Crippen LogP contribution < -0.4 is 10.6 Å². The number of nitrogens with zero attached hydrogens (tertiary/aromatic N) is 1.